The van der Waals surface area contributed by atoms with E-state index in [1.165, 1.54) is 0 Å². The van der Waals surface area contributed by atoms with Crippen LogP contribution in [-0.2, 0) is 11.2 Å². The minimum absolute atomic E-state index is 0.183. The molecule has 3 rings (SSSR count). The minimum atomic E-state index is 0.183. The number of para-hydroxylation sites is 2. The van der Waals surface area contributed by atoms with Gasteiger partial charge in [0.25, 0.3) is 0 Å². The molecule has 0 radical (unpaired) electrons. The van der Waals surface area contributed by atoms with Crippen LogP contribution >= 0.6 is 0 Å². The summed E-state index contributed by atoms with van der Waals surface area (Å²) in [5, 5.41) is 0. The van der Waals surface area contributed by atoms with Gasteiger partial charge in [-0.2, -0.15) is 0 Å². The number of hydrogen-bond donors (Lipinski definition) is 1. The summed E-state index contributed by atoms with van der Waals surface area (Å²) < 4.78 is 5.42. The summed E-state index contributed by atoms with van der Waals surface area (Å²) in [4.78, 5) is 19.6. The van der Waals surface area contributed by atoms with Gasteiger partial charge in [-0.05, 0) is 24.3 Å². The summed E-state index contributed by atoms with van der Waals surface area (Å²) in [5.74, 6) is 1.07. The number of methoxy groups -OCH3 is 1. The van der Waals surface area contributed by atoms with Crippen LogP contribution in [0.25, 0.3) is 0 Å². The first-order chi connectivity index (χ1) is 10.8. The first-order valence-corrected chi connectivity index (χ1v) is 7.56. The third kappa shape index (κ3) is 3.08. The van der Waals surface area contributed by atoms with Crippen LogP contribution in [0.15, 0.2) is 42.6 Å². The van der Waals surface area contributed by atoms with Gasteiger partial charge < -0.3 is 19.5 Å². The van der Waals surface area contributed by atoms with Crippen LogP contribution in [0.2, 0.25) is 0 Å². The number of amides is 1. The molecule has 1 aromatic heterocycles. The maximum atomic E-state index is 12.3. The molecule has 0 atom stereocenters. The topological polar surface area (TPSA) is 48.6 Å². The zero-order chi connectivity index (χ0) is 15.4. The third-order valence-corrected chi connectivity index (χ3v) is 4.06. The van der Waals surface area contributed by atoms with Gasteiger partial charge in [0.1, 0.15) is 5.75 Å². The fourth-order valence-electron chi connectivity index (χ4n) is 2.84. The van der Waals surface area contributed by atoms with E-state index in [1.807, 2.05) is 41.4 Å². The molecule has 1 N–H and O–H groups in total. The van der Waals surface area contributed by atoms with E-state index in [4.69, 9.17) is 4.74 Å². The van der Waals surface area contributed by atoms with Crippen LogP contribution in [0, 0.1) is 0 Å². The van der Waals surface area contributed by atoms with Gasteiger partial charge in [-0.3, -0.25) is 4.79 Å². The number of carbonyl (C=O) groups excluding carboxylic acids is 1. The summed E-state index contributed by atoms with van der Waals surface area (Å²) in [5.41, 5.74) is 2.07. The number of carbonyl (C=O) groups is 1. The normalized spacial score (nSPS) is 15.0. The Hall–Kier alpha value is -2.43. The molecular weight excluding hydrogens is 278 g/mol. The number of ether oxygens (including phenoxy) is 1. The van der Waals surface area contributed by atoms with Crippen LogP contribution in [-0.4, -0.2) is 49.1 Å². The predicted octanol–water partition coefficient (Wildman–Crippen LogP) is 1.91. The van der Waals surface area contributed by atoms with Gasteiger partial charge in [-0.15, -0.1) is 0 Å². The Morgan fingerprint density at radius 2 is 1.91 bits per heavy atom. The molecule has 22 heavy (non-hydrogen) atoms. The highest BCUT2D eigenvalue weighted by molar-refractivity contribution is 5.78. The average Bonchev–Trinajstić information content (AvgIpc) is 3.08. The van der Waals surface area contributed by atoms with Crippen molar-refractivity contribution in [1.29, 1.82) is 0 Å². The highest BCUT2D eigenvalue weighted by Crippen LogP contribution is 2.28. The van der Waals surface area contributed by atoms with E-state index < -0.39 is 0 Å². The number of piperazine rings is 1. The van der Waals surface area contributed by atoms with Crippen LogP contribution in [0.3, 0.4) is 0 Å². The van der Waals surface area contributed by atoms with Crippen molar-refractivity contribution in [3.8, 4) is 5.75 Å². The Balaban J connectivity index is 1.59. The first-order valence-electron chi connectivity index (χ1n) is 7.56. The van der Waals surface area contributed by atoms with Gasteiger partial charge in [0.15, 0.2) is 0 Å². The van der Waals surface area contributed by atoms with Crippen molar-refractivity contribution >= 4 is 11.6 Å². The molecule has 1 aromatic carbocycles. The standard InChI is InChI=1S/C17H21N3O2/c1-22-16-7-3-2-6-15(16)19-9-11-20(12-10-19)17(21)13-14-5-4-8-18-14/h2-8,18H,9-13H2,1H3. The van der Waals surface area contributed by atoms with E-state index in [0.29, 0.717) is 6.42 Å². The molecule has 5 nitrogen and oxygen atoms in total. The SMILES string of the molecule is COc1ccccc1N1CCN(C(=O)Cc2ccc[nH]2)CC1. The number of H-pyrrole nitrogens is 1. The van der Waals surface area contributed by atoms with Gasteiger partial charge in [-0.25, -0.2) is 0 Å². The molecule has 0 aliphatic carbocycles. The van der Waals surface area contributed by atoms with E-state index in [0.717, 1.165) is 43.3 Å². The van der Waals surface area contributed by atoms with Crippen LogP contribution in [0.4, 0.5) is 5.69 Å². The lowest BCUT2D eigenvalue weighted by molar-refractivity contribution is -0.130. The van der Waals surface area contributed by atoms with E-state index in [1.54, 1.807) is 7.11 Å². The summed E-state index contributed by atoms with van der Waals surface area (Å²) in [7, 11) is 1.69. The number of hydrogen-bond acceptors (Lipinski definition) is 3. The van der Waals surface area contributed by atoms with Gasteiger partial charge in [-0.1, -0.05) is 12.1 Å². The van der Waals surface area contributed by atoms with Crippen molar-refractivity contribution in [3.63, 3.8) is 0 Å². The Kier molecular flexibility index (Phi) is 4.32. The van der Waals surface area contributed by atoms with E-state index in [2.05, 4.69) is 16.0 Å². The Labute approximate surface area is 130 Å². The molecule has 116 valence electrons. The number of nitrogens with zero attached hydrogens (tertiary/aromatic N) is 2. The maximum absolute atomic E-state index is 12.3. The van der Waals surface area contributed by atoms with Crippen LogP contribution in [0.1, 0.15) is 5.69 Å². The van der Waals surface area contributed by atoms with Crippen molar-refractivity contribution < 1.29 is 9.53 Å². The maximum Gasteiger partial charge on any atom is 0.228 e. The van der Waals surface area contributed by atoms with E-state index in [-0.39, 0.29) is 5.91 Å². The summed E-state index contributed by atoms with van der Waals surface area (Å²) >= 11 is 0. The summed E-state index contributed by atoms with van der Waals surface area (Å²) in [6.07, 6.45) is 2.30. The van der Waals surface area contributed by atoms with Crippen LogP contribution in [0.5, 0.6) is 5.75 Å². The van der Waals surface area contributed by atoms with Crippen molar-refractivity contribution in [2.45, 2.75) is 6.42 Å². The number of nitrogens with one attached hydrogen (secondary N) is 1. The smallest absolute Gasteiger partial charge is 0.228 e. The Morgan fingerprint density at radius 3 is 2.59 bits per heavy atom. The van der Waals surface area contributed by atoms with Gasteiger partial charge >= 0.3 is 0 Å². The molecular formula is C17H21N3O2. The molecule has 0 spiro atoms. The first kappa shape index (κ1) is 14.5. The highest BCUT2D eigenvalue weighted by Gasteiger charge is 2.22. The van der Waals surface area contributed by atoms with Gasteiger partial charge in [0.05, 0.1) is 19.2 Å². The summed E-state index contributed by atoms with van der Waals surface area (Å²) in [6, 6.07) is 11.9. The zero-order valence-electron chi connectivity index (χ0n) is 12.8. The predicted molar refractivity (Wildman–Crippen MR) is 86.3 cm³/mol. The number of rotatable bonds is 4. The second-order valence-electron chi connectivity index (χ2n) is 5.41. The van der Waals surface area contributed by atoms with Gasteiger partial charge in [0, 0.05) is 38.1 Å². The second kappa shape index (κ2) is 6.56. The molecule has 2 aromatic rings. The number of aromatic amines is 1. The highest BCUT2D eigenvalue weighted by atomic mass is 16.5. The molecule has 1 fully saturated rings. The second-order valence-corrected chi connectivity index (χ2v) is 5.41. The average molecular weight is 299 g/mol. The quantitative estimate of drug-likeness (QED) is 0.938. The number of anilines is 1. The third-order valence-electron chi connectivity index (χ3n) is 4.06. The van der Waals surface area contributed by atoms with Gasteiger partial charge in [0.2, 0.25) is 5.91 Å². The fourth-order valence-corrected chi connectivity index (χ4v) is 2.84. The van der Waals surface area contributed by atoms with Crippen molar-refractivity contribution in [3.05, 3.63) is 48.3 Å². The Morgan fingerprint density at radius 1 is 1.14 bits per heavy atom. The van der Waals surface area contributed by atoms with Crippen molar-refractivity contribution in [2.24, 2.45) is 0 Å². The van der Waals surface area contributed by atoms with Crippen molar-refractivity contribution in [2.75, 3.05) is 38.2 Å². The lowest BCUT2D eigenvalue weighted by Gasteiger charge is -2.36. The summed E-state index contributed by atoms with van der Waals surface area (Å²) in [6.45, 7) is 3.16. The van der Waals surface area contributed by atoms with E-state index in [9.17, 15) is 4.79 Å². The zero-order valence-corrected chi connectivity index (χ0v) is 12.8. The van der Waals surface area contributed by atoms with Crippen LogP contribution < -0.4 is 9.64 Å². The molecule has 0 bridgehead atoms. The number of benzene rings is 1. The largest absolute Gasteiger partial charge is 0.495 e. The fraction of sp³-hybridized carbons (Fsp3) is 0.353. The molecule has 1 aliphatic heterocycles. The minimum Gasteiger partial charge on any atom is -0.495 e. The van der Waals surface area contributed by atoms with E-state index >= 15 is 0 Å². The lowest BCUT2D eigenvalue weighted by Crippen LogP contribution is -2.49. The lowest BCUT2D eigenvalue weighted by atomic mass is 10.2. The monoisotopic (exact) mass is 299 g/mol. The molecule has 2 heterocycles. The molecule has 5 heteroatoms. The molecule has 0 saturated carbocycles. The Bertz CT molecular complexity index is 617. The molecule has 0 unspecified atom stereocenters. The molecule has 1 aliphatic rings. The molecule has 1 saturated heterocycles. The molecule has 1 amide bonds. The number of aromatic nitrogens is 1. The van der Waals surface area contributed by atoms with Crippen molar-refractivity contribution in [1.82, 2.24) is 9.88 Å².